The smallest absolute Gasteiger partial charge is 0.260 e. The number of thiazole rings is 1. The minimum absolute atomic E-state index is 0.0622. The second-order valence-electron chi connectivity index (χ2n) is 9.40. The third-order valence-electron chi connectivity index (χ3n) is 6.69. The summed E-state index contributed by atoms with van der Waals surface area (Å²) in [6, 6.07) is 11.9. The van der Waals surface area contributed by atoms with E-state index < -0.39 is 10.0 Å². The number of halogens is 1. The first kappa shape index (κ1) is 25.8. The van der Waals surface area contributed by atoms with E-state index in [0.29, 0.717) is 28.8 Å². The third kappa shape index (κ3) is 5.03. The van der Waals surface area contributed by atoms with Gasteiger partial charge < -0.3 is 0 Å². The summed E-state index contributed by atoms with van der Waals surface area (Å²) in [6.07, 6.45) is 1.76. The lowest BCUT2D eigenvalue weighted by Gasteiger charge is -2.21. The number of amides is 1. The van der Waals surface area contributed by atoms with Crippen molar-refractivity contribution in [1.82, 2.24) is 19.1 Å². The summed E-state index contributed by atoms with van der Waals surface area (Å²) in [5.74, 6) is -0.260. The third-order valence-corrected chi connectivity index (χ3v) is 10.1. The number of hydrogen-bond acceptors (Lipinski definition) is 6. The number of benzene rings is 2. The van der Waals surface area contributed by atoms with Gasteiger partial charge in [0.2, 0.25) is 10.0 Å². The van der Waals surface area contributed by atoms with Crippen molar-refractivity contribution in [2.45, 2.75) is 51.1 Å². The second kappa shape index (κ2) is 9.83. The van der Waals surface area contributed by atoms with Crippen LogP contribution >= 0.6 is 22.9 Å². The highest BCUT2D eigenvalue weighted by atomic mass is 35.5. The fourth-order valence-electron chi connectivity index (χ4n) is 4.31. The van der Waals surface area contributed by atoms with Crippen LogP contribution < -0.4 is 4.90 Å². The molecule has 194 valence electrons. The van der Waals surface area contributed by atoms with Gasteiger partial charge in [-0.1, -0.05) is 22.9 Å². The lowest BCUT2D eigenvalue weighted by atomic mass is 10.2. The Hall–Kier alpha value is -2.79. The number of rotatable bonds is 8. The predicted octanol–water partition coefficient (Wildman–Crippen LogP) is 5.20. The summed E-state index contributed by atoms with van der Waals surface area (Å²) >= 11 is 7.73. The fourth-order valence-corrected chi connectivity index (χ4v) is 6.93. The van der Waals surface area contributed by atoms with Gasteiger partial charge >= 0.3 is 0 Å². The number of sulfonamides is 1. The van der Waals surface area contributed by atoms with Crippen molar-refractivity contribution in [3.05, 3.63) is 70.0 Å². The van der Waals surface area contributed by atoms with E-state index >= 15 is 0 Å². The van der Waals surface area contributed by atoms with Gasteiger partial charge in [-0.25, -0.2) is 13.4 Å². The molecule has 0 radical (unpaired) electrons. The van der Waals surface area contributed by atoms with Gasteiger partial charge in [-0.3, -0.25) is 14.4 Å². The van der Waals surface area contributed by atoms with Crippen molar-refractivity contribution < 1.29 is 13.2 Å². The first-order valence-electron chi connectivity index (χ1n) is 12.0. The largest absolute Gasteiger partial charge is 0.282 e. The van der Waals surface area contributed by atoms with Crippen LogP contribution in [0.4, 0.5) is 5.13 Å². The Bertz CT molecular complexity index is 1590. The monoisotopic (exact) mass is 557 g/mol. The quantitative estimate of drug-likeness (QED) is 0.297. The molecule has 2 aromatic heterocycles. The molecule has 2 aromatic carbocycles. The van der Waals surface area contributed by atoms with Gasteiger partial charge in [-0.2, -0.15) is 9.40 Å². The number of carbonyl (C=O) groups is 1. The Morgan fingerprint density at radius 2 is 1.84 bits per heavy atom. The van der Waals surface area contributed by atoms with E-state index in [9.17, 15) is 13.2 Å². The van der Waals surface area contributed by atoms with Gasteiger partial charge in [0.15, 0.2) is 5.13 Å². The minimum Gasteiger partial charge on any atom is -0.282 e. The van der Waals surface area contributed by atoms with Crippen molar-refractivity contribution in [2.24, 2.45) is 0 Å². The van der Waals surface area contributed by atoms with Gasteiger partial charge in [0.1, 0.15) is 0 Å². The van der Waals surface area contributed by atoms with E-state index in [4.69, 9.17) is 16.6 Å². The molecule has 37 heavy (non-hydrogen) atoms. The molecule has 1 aliphatic carbocycles. The van der Waals surface area contributed by atoms with Crippen molar-refractivity contribution in [1.29, 1.82) is 0 Å². The summed E-state index contributed by atoms with van der Waals surface area (Å²) in [4.78, 5) is 20.4. The molecule has 8 nitrogen and oxygen atoms in total. The Kier molecular flexibility index (Phi) is 6.86. The van der Waals surface area contributed by atoms with Crippen molar-refractivity contribution in [3.8, 4) is 0 Å². The Balaban J connectivity index is 1.47. The molecule has 0 aliphatic heterocycles. The zero-order valence-corrected chi connectivity index (χ0v) is 23.5. The molecule has 0 spiro atoms. The molecule has 1 fully saturated rings. The van der Waals surface area contributed by atoms with Gasteiger partial charge in [0, 0.05) is 35.9 Å². The van der Waals surface area contributed by atoms with E-state index in [1.54, 1.807) is 24.1 Å². The molecule has 1 amide bonds. The van der Waals surface area contributed by atoms with Crippen molar-refractivity contribution in [2.75, 3.05) is 18.5 Å². The van der Waals surface area contributed by atoms with E-state index in [1.165, 1.54) is 27.8 Å². The average Bonchev–Trinajstić information content (AvgIpc) is 3.55. The average molecular weight is 558 g/mol. The van der Waals surface area contributed by atoms with Crippen LogP contribution in [0, 0.1) is 20.8 Å². The molecular formula is C26H28ClN5O3S2. The zero-order valence-electron chi connectivity index (χ0n) is 21.1. The van der Waals surface area contributed by atoms with Crippen LogP contribution in [0.2, 0.25) is 5.02 Å². The van der Waals surface area contributed by atoms with E-state index in [2.05, 4.69) is 5.10 Å². The van der Waals surface area contributed by atoms with Crippen LogP contribution in [-0.2, 0) is 16.6 Å². The molecule has 4 aromatic rings. The molecule has 0 unspecified atom stereocenters. The summed E-state index contributed by atoms with van der Waals surface area (Å²) in [7, 11) is -1.99. The maximum atomic E-state index is 13.8. The summed E-state index contributed by atoms with van der Waals surface area (Å²) in [6.45, 7) is 6.65. The Labute approximate surface area is 225 Å². The first-order chi connectivity index (χ1) is 17.6. The van der Waals surface area contributed by atoms with Crippen LogP contribution in [0.3, 0.4) is 0 Å². The molecule has 0 saturated heterocycles. The topological polar surface area (TPSA) is 88.4 Å². The molecule has 11 heteroatoms. The highest BCUT2D eigenvalue weighted by Crippen LogP contribution is 2.34. The zero-order chi connectivity index (χ0) is 26.5. The Morgan fingerprint density at radius 3 is 2.46 bits per heavy atom. The highest BCUT2D eigenvalue weighted by Gasteiger charge is 2.35. The number of carbonyl (C=O) groups excluding carboxylic acids is 1. The molecule has 5 rings (SSSR count). The van der Waals surface area contributed by atoms with Crippen LogP contribution in [0.5, 0.6) is 0 Å². The van der Waals surface area contributed by atoms with Crippen molar-refractivity contribution in [3.63, 3.8) is 0 Å². The molecule has 1 saturated carbocycles. The van der Waals surface area contributed by atoms with E-state index in [-0.39, 0.29) is 16.8 Å². The fraction of sp³-hybridized carbons (Fsp3) is 0.346. The molecule has 2 heterocycles. The minimum atomic E-state index is -3.59. The number of hydrogen-bond donors (Lipinski definition) is 0. The van der Waals surface area contributed by atoms with E-state index in [1.807, 2.05) is 43.7 Å². The van der Waals surface area contributed by atoms with Gasteiger partial charge in [-0.05, 0) is 81.6 Å². The maximum absolute atomic E-state index is 13.8. The van der Waals surface area contributed by atoms with E-state index in [0.717, 1.165) is 40.0 Å². The maximum Gasteiger partial charge on any atom is 0.260 e. The second-order valence-corrected chi connectivity index (χ2v) is 12.8. The molecule has 0 atom stereocenters. The lowest BCUT2D eigenvalue weighted by Crippen LogP contribution is -2.34. The van der Waals surface area contributed by atoms with Gasteiger partial charge in [0.25, 0.3) is 5.91 Å². The molecule has 0 bridgehead atoms. The van der Waals surface area contributed by atoms with Gasteiger partial charge in [0.05, 0.1) is 27.4 Å². The predicted molar refractivity (Wildman–Crippen MR) is 147 cm³/mol. The summed E-state index contributed by atoms with van der Waals surface area (Å²) in [5, 5.41) is 5.70. The highest BCUT2D eigenvalue weighted by molar-refractivity contribution is 7.89. The molecule has 1 aliphatic rings. The first-order valence-corrected chi connectivity index (χ1v) is 14.7. The number of fused-ring (bicyclic) bond motifs is 1. The van der Waals surface area contributed by atoms with Crippen LogP contribution in [0.25, 0.3) is 10.2 Å². The van der Waals surface area contributed by atoms with Gasteiger partial charge in [-0.15, -0.1) is 0 Å². The van der Waals surface area contributed by atoms with Crippen LogP contribution in [0.15, 0.2) is 47.4 Å². The van der Waals surface area contributed by atoms with Crippen LogP contribution in [-0.4, -0.2) is 53.0 Å². The van der Waals surface area contributed by atoms with Crippen LogP contribution in [0.1, 0.15) is 40.2 Å². The Morgan fingerprint density at radius 1 is 1.14 bits per heavy atom. The molecule has 0 N–H and O–H groups in total. The summed E-state index contributed by atoms with van der Waals surface area (Å²) < 4.78 is 30.0. The van der Waals surface area contributed by atoms with Crippen molar-refractivity contribution >= 4 is 54.2 Å². The normalized spacial score (nSPS) is 14.0. The lowest BCUT2D eigenvalue weighted by molar-refractivity contribution is 0.0985. The number of aromatic nitrogens is 3. The number of anilines is 1. The standard InChI is InChI=1S/C26H28ClN5O3S2/c1-16-15-17(2)32(29-16)14-13-31(26-28-24-18(3)22(27)11-12-23(24)36-26)25(33)19-5-9-21(10-6-19)37(34,35)30(4)20-7-8-20/h5-6,9-12,15,20H,7-8,13-14H2,1-4H3. The SMILES string of the molecule is Cc1cc(C)n(CCN(C(=O)c2ccc(S(=O)(=O)N(C)C3CC3)cc2)c2nc3c(C)c(Cl)ccc3s2)n1. The number of nitrogens with zero attached hydrogens (tertiary/aromatic N) is 5. The molecular weight excluding hydrogens is 530 g/mol. The number of aryl methyl sites for hydroxylation is 3. The summed E-state index contributed by atoms with van der Waals surface area (Å²) in [5.41, 5.74) is 3.93.